The summed E-state index contributed by atoms with van der Waals surface area (Å²) in [6, 6.07) is 8.62. The van der Waals surface area contributed by atoms with Crippen LogP contribution in [0.2, 0.25) is 5.02 Å². The molecule has 0 saturated carbocycles. The van der Waals surface area contributed by atoms with Crippen molar-refractivity contribution in [2.75, 3.05) is 18.2 Å². The standard InChI is InChI=1S/C14H12ClFN2O2/c1-20-14(19)8-2-4-11(17)13(6-8)18-12-5-3-9(16)7-10(12)15/h2-7,18H,17H2,1H3. The summed E-state index contributed by atoms with van der Waals surface area (Å²) < 4.78 is 17.6. The number of hydrogen-bond acceptors (Lipinski definition) is 4. The fourth-order valence-electron chi connectivity index (χ4n) is 1.65. The van der Waals surface area contributed by atoms with Gasteiger partial charge < -0.3 is 15.8 Å². The number of nitrogen functional groups attached to an aromatic ring is 1. The van der Waals surface area contributed by atoms with Crippen molar-refractivity contribution in [1.29, 1.82) is 0 Å². The molecule has 0 unspecified atom stereocenters. The molecule has 0 atom stereocenters. The third kappa shape index (κ3) is 3.00. The number of nitrogens with one attached hydrogen (secondary N) is 1. The molecule has 2 aromatic carbocycles. The van der Waals surface area contributed by atoms with Crippen LogP contribution in [0.3, 0.4) is 0 Å². The molecule has 0 aromatic heterocycles. The summed E-state index contributed by atoms with van der Waals surface area (Å²) in [5.74, 6) is -0.907. The van der Waals surface area contributed by atoms with Gasteiger partial charge in [-0.1, -0.05) is 11.6 Å². The van der Waals surface area contributed by atoms with Gasteiger partial charge in [-0.05, 0) is 36.4 Å². The topological polar surface area (TPSA) is 64.3 Å². The molecule has 0 bridgehead atoms. The van der Waals surface area contributed by atoms with E-state index in [1.165, 1.54) is 25.3 Å². The molecule has 3 N–H and O–H groups in total. The maximum absolute atomic E-state index is 13.0. The van der Waals surface area contributed by atoms with E-state index in [1.807, 2.05) is 0 Å². The number of benzene rings is 2. The third-order valence-corrected chi connectivity index (χ3v) is 2.99. The van der Waals surface area contributed by atoms with Gasteiger partial charge in [-0.15, -0.1) is 0 Å². The Balaban J connectivity index is 2.35. The summed E-state index contributed by atoms with van der Waals surface area (Å²) in [5, 5.41) is 3.17. The minimum absolute atomic E-state index is 0.216. The van der Waals surface area contributed by atoms with Crippen LogP contribution in [0.15, 0.2) is 36.4 Å². The summed E-state index contributed by atoms with van der Waals surface area (Å²) in [5.41, 5.74) is 7.58. The number of methoxy groups -OCH3 is 1. The smallest absolute Gasteiger partial charge is 0.337 e. The molecule has 2 rings (SSSR count). The number of carbonyl (C=O) groups excluding carboxylic acids is 1. The van der Waals surface area contributed by atoms with Crippen molar-refractivity contribution in [2.45, 2.75) is 0 Å². The predicted molar refractivity (Wildman–Crippen MR) is 76.9 cm³/mol. The second-order valence-electron chi connectivity index (χ2n) is 4.04. The van der Waals surface area contributed by atoms with E-state index in [4.69, 9.17) is 17.3 Å². The summed E-state index contributed by atoms with van der Waals surface area (Å²) >= 11 is 5.93. The molecule has 20 heavy (non-hydrogen) atoms. The van der Waals surface area contributed by atoms with Crippen LogP contribution in [0.25, 0.3) is 0 Å². The van der Waals surface area contributed by atoms with E-state index in [2.05, 4.69) is 10.1 Å². The Labute approximate surface area is 120 Å². The van der Waals surface area contributed by atoms with E-state index in [-0.39, 0.29) is 5.02 Å². The molecule has 0 fully saturated rings. The number of nitrogens with two attached hydrogens (primary N) is 1. The summed E-state index contributed by atoms with van der Waals surface area (Å²) in [7, 11) is 1.29. The lowest BCUT2D eigenvalue weighted by Gasteiger charge is -2.12. The van der Waals surface area contributed by atoms with Crippen LogP contribution in [0.4, 0.5) is 21.5 Å². The Morgan fingerprint density at radius 1 is 1.25 bits per heavy atom. The lowest BCUT2D eigenvalue weighted by Crippen LogP contribution is -2.04. The van der Waals surface area contributed by atoms with E-state index in [1.54, 1.807) is 18.2 Å². The minimum Gasteiger partial charge on any atom is -0.465 e. The number of hydrogen-bond donors (Lipinski definition) is 2. The van der Waals surface area contributed by atoms with Crippen LogP contribution < -0.4 is 11.1 Å². The normalized spacial score (nSPS) is 10.2. The molecule has 0 saturated heterocycles. The molecule has 4 nitrogen and oxygen atoms in total. The van der Waals surface area contributed by atoms with Gasteiger partial charge >= 0.3 is 5.97 Å². The van der Waals surface area contributed by atoms with Crippen LogP contribution in [0, 0.1) is 5.82 Å². The first kappa shape index (κ1) is 14.1. The fraction of sp³-hybridized carbons (Fsp3) is 0.0714. The highest BCUT2D eigenvalue weighted by molar-refractivity contribution is 6.33. The van der Waals surface area contributed by atoms with Crippen molar-refractivity contribution in [3.63, 3.8) is 0 Å². The van der Waals surface area contributed by atoms with Gasteiger partial charge in [0.05, 0.1) is 34.8 Å². The highest BCUT2D eigenvalue weighted by atomic mass is 35.5. The lowest BCUT2D eigenvalue weighted by atomic mass is 10.1. The summed E-state index contributed by atoms with van der Waals surface area (Å²) in [6.45, 7) is 0. The van der Waals surface area contributed by atoms with Gasteiger partial charge in [0, 0.05) is 0 Å². The number of esters is 1. The largest absolute Gasteiger partial charge is 0.465 e. The van der Waals surface area contributed by atoms with Crippen molar-refractivity contribution in [3.05, 3.63) is 52.8 Å². The van der Waals surface area contributed by atoms with Crippen molar-refractivity contribution in [2.24, 2.45) is 0 Å². The van der Waals surface area contributed by atoms with Gasteiger partial charge in [0.25, 0.3) is 0 Å². The summed E-state index contributed by atoms with van der Waals surface area (Å²) in [4.78, 5) is 11.5. The zero-order valence-electron chi connectivity index (χ0n) is 10.6. The average Bonchev–Trinajstić information content (AvgIpc) is 2.43. The second-order valence-corrected chi connectivity index (χ2v) is 4.45. The highest BCUT2D eigenvalue weighted by Gasteiger charge is 2.10. The van der Waals surface area contributed by atoms with Crippen LogP contribution in [-0.2, 0) is 4.74 Å². The number of ether oxygens (including phenoxy) is 1. The molecular formula is C14H12ClFN2O2. The van der Waals surface area contributed by atoms with Crippen molar-refractivity contribution in [3.8, 4) is 0 Å². The van der Waals surface area contributed by atoms with E-state index in [9.17, 15) is 9.18 Å². The SMILES string of the molecule is COC(=O)c1ccc(N)c(Nc2ccc(F)cc2Cl)c1. The van der Waals surface area contributed by atoms with Crippen molar-refractivity contribution in [1.82, 2.24) is 0 Å². The number of anilines is 3. The van der Waals surface area contributed by atoms with E-state index in [0.29, 0.717) is 22.6 Å². The Hall–Kier alpha value is -2.27. The van der Waals surface area contributed by atoms with Gasteiger partial charge in [0.15, 0.2) is 0 Å². The van der Waals surface area contributed by atoms with Crippen LogP contribution >= 0.6 is 11.6 Å². The number of rotatable bonds is 3. The quantitative estimate of drug-likeness (QED) is 0.671. The molecular weight excluding hydrogens is 283 g/mol. The Bertz CT molecular complexity index is 662. The molecule has 0 aliphatic rings. The summed E-state index contributed by atoms with van der Waals surface area (Å²) in [6.07, 6.45) is 0. The zero-order chi connectivity index (χ0) is 14.7. The van der Waals surface area contributed by atoms with Crippen LogP contribution in [0.1, 0.15) is 10.4 Å². The van der Waals surface area contributed by atoms with Gasteiger partial charge in [0.2, 0.25) is 0 Å². The molecule has 0 radical (unpaired) electrons. The molecule has 0 heterocycles. The molecule has 0 aliphatic heterocycles. The molecule has 104 valence electrons. The predicted octanol–water partition coefficient (Wildman–Crippen LogP) is 3.59. The lowest BCUT2D eigenvalue weighted by molar-refractivity contribution is 0.0601. The first-order chi connectivity index (χ1) is 9.51. The highest BCUT2D eigenvalue weighted by Crippen LogP contribution is 2.29. The average molecular weight is 295 g/mol. The third-order valence-electron chi connectivity index (χ3n) is 2.67. The van der Waals surface area contributed by atoms with Gasteiger partial charge in [-0.25, -0.2) is 9.18 Å². The second kappa shape index (κ2) is 5.79. The van der Waals surface area contributed by atoms with Crippen molar-refractivity contribution >= 4 is 34.6 Å². The first-order valence-corrected chi connectivity index (χ1v) is 6.09. The molecule has 2 aromatic rings. The van der Waals surface area contributed by atoms with Crippen LogP contribution in [-0.4, -0.2) is 13.1 Å². The van der Waals surface area contributed by atoms with Gasteiger partial charge in [0.1, 0.15) is 5.82 Å². The fourth-order valence-corrected chi connectivity index (χ4v) is 1.86. The molecule has 6 heteroatoms. The van der Waals surface area contributed by atoms with Gasteiger partial charge in [-0.3, -0.25) is 0 Å². The Morgan fingerprint density at radius 3 is 2.65 bits per heavy atom. The number of halogens is 2. The number of carbonyl (C=O) groups is 1. The maximum Gasteiger partial charge on any atom is 0.337 e. The Kier molecular flexibility index (Phi) is 4.10. The van der Waals surface area contributed by atoms with Crippen molar-refractivity contribution < 1.29 is 13.9 Å². The maximum atomic E-state index is 13.0. The monoisotopic (exact) mass is 294 g/mol. The Morgan fingerprint density at radius 2 is 2.00 bits per heavy atom. The molecule has 0 amide bonds. The van der Waals surface area contributed by atoms with Gasteiger partial charge in [-0.2, -0.15) is 0 Å². The van der Waals surface area contributed by atoms with Crippen LogP contribution in [0.5, 0.6) is 0 Å². The van der Waals surface area contributed by atoms with E-state index < -0.39 is 11.8 Å². The first-order valence-electron chi connectivity index (χ1n) is 5.71. The van der Waals surface area contributed by atoms with E-state index >= 15 is 0 Å². The molecule has 0 aliphatic carbocycles. The molecule has 0 spiro atoms. The minimum atomic E-state index is -0.474. The zero-order valence-corrected chi connectivity index (χ0v) is 11.4. The van der Waals surface area contributed by atoms with E-state index in [0.717, 1.165) is 0 Å².